The number of aryl methyl sites for hydroxylation is 2. The number of aromatic nitrogens is 4. The summed E-state index contributed by atoms with van der Waals surface area (Å²) in [6.45, 7) is 6.20. The second-order valence-electron chi connectivity index (χ2n) is 4.48. The first-order chi connectivity index (χ1) is 9.15. The zero-order valence-corrected chi connectivity index (χ0v) is 12.6. The van der Waals surface area contributed by atoms with E-state index < -0.39 is 0 Å². The fraction of sp³-hybridized carbons (Fsp3) is 0.308. The SMILES string of the molecule is Cc1nc([C@H](C)n2cc(-c3sccc3C)nn2)cs1. The fourth-order valence-corrected chi connectivity index (χ4v) is 3.49. The number of nitrogens with zero attached hydrogens (tertiary/aromatic N) is 4. The van der Waals surface area contributed by atoms with Crippen molar-refractivity contribution in [3.8, 4) is 10.6 Å². The summed E-state index contributed by atoms with van der Waals surface area (Å²) in [4.78, 5) is 5.70. The Hall–Kier alpha value is -1.53. The van der Waals surface area contributed by atoms with E-state index in [1.165, 1.54) is 10.4 Å². The lowest BCUT2D eigenvalue weighted by atomic mass is 10.2. The highest BCUT2D eigenvalue weighted by molar-refractivity contribution is 7.13. The predicted molar refractivity (Wildman–Crippen MR) is 78.7 cm³/mol. The molecule has 3 heterocycles. The van der Waals surface area contributed by atoms with E-state index in [9.17, 15) is 0 Å². The Bertz CT molecular complexity index is 695. The molecule has 0 radical (unpaired) electrons. The maximum atomic E-state index is 4.51. The van der Waals surface area contributed by atoms with Gasteiger partial charge in [-0.15, -0.1) is 27.8 Å². The molecule has 0 aliphatic carbocycles. The Labute approximate surface area is 119 Å². The largest absolute Gasteiger partial charge is 0.244 e. The molecule has 0 unspecified atom stereocenters. The van der Waals surface area contributed by atoms with Crippen molar-refractivity contribution in [2.75, 3.05) is 0 Å². The van der Waals surface area contributed by atoms with Crippen LogP contribution >= 0.6 is 22.7 Å². The van der Waals surface area contributed by atoms with Gasteiger partial charge in [0.15, 0.2) is 0 Å². The molecule has 3 aromatic rings. The molecule has 1 atom stereocenters. The van der Waals surface area contributed by atoms with Crippen molar-refractivity contribution in [1.29, 1.82) is 0 Å². The van der Waals surface area contributed by atoms with Crippen LogP contribution in [0.1, 0.15) is 29.2 Å². The van der Waals surface area contributed by atoms with Crippen LogP contribution in [0, 0.1) is 13.8 Å². The molecule has 0 saturated heterocycles. The molecule has 6 heteroatoms. The first-order valence-corrected chi connectivity index (χ1v) is 7.79. The number of rotatable bonds is 3. The maximum Gasteiger partial charge on any atom is 0.123 e. The van der Waals surface area contributed by atoms with Crippen LogP contribution < -0.4 is 0 Å². The first kappa shape index (κ1) is 12.5. The Kier molecular flexibility index (Phi) is 3.20. The quantitative estimate of drug-likeness (QED) is 0.739. The minimum absolute atomic E-state index is 0.117. The third-order valence-electron chi connectivity index (χ3n) is 3.07. The molecule has 3 aromatic heterocycles. The van der Waals surface area contributed by atoms with Crippen molar-refractivity contribution < 1.29 is 0 Å². The van der Waals surface area contributed by atoms with Gasteiger partial charge < -0.3 is 0 Å². The molecular weight excluding hydrogens is 276 g/mol. The second kappa shape index (κ2) is 4.86. The lowest BCUT2D eigenvalue weighted by molar-refractivity contribution is 0.533. The van der Waals surface area contributed by atoms with E-state index in [1.54, 1.807) is 22.7 Å². The zero-order valence-electron chi connectivity index (χ0n) is 11.0. The predicted octanol–water partition coefficient (Wildman–Crippen LogP) is 3.69. The van der Waals surface area contributed by atoms with Gasteiger partial charge in [-0.3, -0.25) is 0 Å². The van der Waals surface area contributed by atoms with Gasteiger partial charge >= 0.3 is 0 Å². The number of thiazole rings is 1. The Morgan fingerprint density at radius 3 is 2.74 bits per heavy atom. The average molecular weight is 290 g/mol. The van der Waals surface area contributed by atoms with Gasteiger partial charge in [-0.25, -0.2) is 9.67 Å². The van der Waals surface area contributed by atoms with Gasteiger partial charge in [0, 0.05) is 5.38 Å². The van der Waals surface area contributed by atoms with Crippen molar-refractivity contribution in [2.45, 2.75) is 26.8 Å². The summed E-state index contributed by atoms with van der Waals surface area (Å²) in [5, 5.41) is 13.7. The van der Waals surface area contributed by atoms with Gasteiger partial charge in [0.05, 0.1) is 27.8 Å². The first-order valence-electron chi connectivity index (χ1n) is 6.03. The summed E-state index contributed by atoms with van der Waals surface area (Å²) < 4.78 is 1.88. The molecule has 0 spiro atoms. The highest BCUT2D eigenvalue weighted by atomic mass is 32.1. The van der Waals surface area contributed by atoms with E-state index >= 15 is 0 Å². The third kappa shape index (κ3) is 2.33. The standard InChI is InChI=1S/C13H14N4S2/c1-8-4-5-18-13(8)11-6-17(16-15-11)9(2)12-7-19-10(3)14-12/h4-7,9H,1-3H3/t9-/m0/s1. The van der Waals surface area contributed by atoms with E-state index in [1.807, 2.05) is 17.8 Å². The van der Waals surface area contributed by atoms with Crippen LogP contribution in [0.3, 0.4) is 0 Å². The van der Waals surface area contributed by atoms with Gasteiger partial charge in [0.2, 0.25) is 0 Å². The number of hydrogen-bond acceptors (Lipinski definition) is 5. The van der Waals surface area contributed by atoms with E-state index in [0.29, 0.717) is 0 Å². The van der Waals surface area contributed by atoms with Crippen molar-refractivity contribution in [3.05, 3.63) is 39.3 Å². The summed E-state index contributed by atoms with van der Waals surface area (Å²) in [6.07, 6.45) is 2.00. The Balaban J connectivity index is 1.91. The van der Waals surface area contributed by atoms with Crippen LogP contribution in [0.4, 0.5) is 0 Å². The average Bonchev–Trinajstić information content (AvgIpc) is 3.08. The molecule has 0 bridgehead atoms. The van der Waals surface area contributed by atoms with Gasteiger partial charge in [0.25, 0.3) is 0 Å². The Morgan fingerprint density at radius 2 is 2.11 bits per heavy atom. The molecule has 3 rings (SSSR count). The van der Waals surface area contributed by atoms with Gasteiger partial charge in [-0.2, -0.15) is 0 Å². The molecule has 0 aromatic carbocycles. The molecular formula is C13H14N4S2. The molecule has 0 N–H and O–H groups in total. The van der Waals surface area contributed by atoms with Crippen LogP contribution in [0.25, 0.3) is 10.6 Å². The van der Waals surface area contributed by atoms with Crippen molar-refractivity contribution in [1.82, 2.24) is 20.0 Å². The second-order valence-corrected chi connectivity index (χ2v) is 6.46. The highest BCUT2D eigenvalue weighted by Gasteiger charge is 2.15. The van der Waals surface area contributed by atoms with Gasteiger partial charge in [0.1, 0.15) is 5.69 Å². The third-order valence-corrected chi connectivity index (χ3v) is 4.90. The van der Waals surface area contributed by atoms with Gasteiger partial charge in [-0.1, -0.05) is 5.21 Å². The zero-order chi connectivity index (χ0) is 13.4. The lowest BCUT2D eigenvalue weighted by Crippen LogP contribution is -2.07. The monoisotopic (exact) mass is 290 g/mol. The van der Waals surface area contributed by atoms with Crippen LogP contribution in [0.15, 0.2) is 23.0 Å². The maximum absolute atomic E-state index is 4.51. The molecule has 0 aliphatic rings. The van der Waals surface area contributed by atoms with Crippen LogP contribution in [0.5, 0.6) is 0 Å². The molecule has 19 heavy (non-hydrogen) atoms. The normalized spacial score (nSPS) is 12.8. The minimum atomic E-state index is 0.117. The van der Waals surface area contributed by atoms with Gasteiger partial charge in [-0.05, 0) is 37.8 Å². The lowest BCUT2D eigenvalue weighted by Gasteiger charge is -2.07. The molecule has 0 saturated carbocycles. The molecule has 98 valence electrons. The Morgan fingerprint density at radius 1 is 1.26 bits per heavy atom. The molecule has 0 fully saturated rings. The van der Waals surface area contributed by atoms with E-state index in [0.717, 1.165) is 16.4 Å². The summed E-state index contributed by atoms with van der Waals surface area (Å²) in [5.74, 6) is 0. The van der Waals surface area contributed by atoms with Crippen LogP contribution in [-0.4, -0.2) is 20.0 Å². The van der Waals surface area contributed by atoms with E-state index in [4.69, 9.17) is 0 Å². The summed E-state index contributed by atoms with van der Waals surface area (Å²) in [7, 11) is 0. The number of hydrogen-bond donors (Lipinski definition) is 0. The molecule has 0 aliphatic heterocycles. The van der Waals surface area contributed by atoms with E-state index in [-0.39, 0.29) is 6.04 Å². The van der Waals surface area contributed by atoms with Crippen molar-refractivity contribution in [3.63, 3.8) is 0 Å². The van der Waals surface area contributed by atoms with Crippen molar-refractivity contribution >= 4 is 22.7 Å². The molecule has 0 amide bonds. The topological polar surface area (TPSA) is 43.6 Å². The van der Waals surface area contributed by atoms with Crippen LogP contribution in [0.2, 0.25) is 0 Å². The smallest absolute Gasteiger partial charge is 0.123 e. The van der Waals surface area contributed by atoms with Crippen molar-refractivity contribution in [2.24, 2.45) is 0 Å². The minimum Gasteiger partial charge on any atom is -0.244 e. The fourth-order valence-electron chi connectivity index (χ4n) is 1.91. The highest BCUT2D eigenvalue weighted by Crippen LogP contribution is 2.28. The number of thiophene rings is 1. The summed E-state index contributed by atoms with van der Waals surface area (Å²) in [5.41, 5.74) is 3.22. The van der Waals surface area contributed by atoms with Crippen LogP contribution in [-0.2, 0) is 0 Å². The molecule has 4 nitrogen and oxygen atoms in total. The summed E-state index contributed by atoms with van der Waals surface area (Å²) in [6, 6.07) is 2.22. The van der Waals surface area contributed by atoms with E-state index in [2.05, 4.69) is 46.0 Å². The summed E-state index contributed by atoms with van der Waals surface area (Å²) >= 11 is 3.36.